The Morgan fingerprint density at radius 2 is 1.94 bits per heavy atom. The molecule has 0 aliphatic rings. The third kappa shape index (κ3) is 3.83. The van der Waals surface area contributed by atoms with Gasteiger partial charge in [-0.25, -0.2) is 4.79 Å². The summed E-state index contributed by atoms with van der Waals surface area (Å²) in [5, 5.41) is 11.4. The highest BCUT2D eigenvalue weighted by molar-refractivity contribution is 9.10. The number of carbonyl (C=O) groups is 2. The van der Waals surface area contributed by atoms with E-state index in [9.17, 15) is 9.59 Å². The Bertz CT molecular complexity index is 466. The summed E-state index contributed by atoms with van der Waals surface area (Å²) in [6.45, 7) is 3.14. The molecule has 17 heavy (non-hydrogen) atoms. The molecule has 0 bridgehead atoms. The van der Waals surface area contributed by atoms with Crippen molar-refractivity contribution in [3.8, 4) is 0 Å². The van der Waals surface area contributed by atoms with Crippen LogP contribution in [-0.2, 0) is 4.79 Å². The molecule has 0 aliphatic carbocycles. The van der Waals surface area contributed by atoms with Gasteiger partial charge in [0.2, 0.25) is 5.91 Å². The van der Waals surface area contributed by atoms with Crippen LogP contribution >= 0.6 is 15.9 Å². The predicted octanol–water partition coefficient (Wildman–Crippen LogP) is 1.82. The molecule has 0 fully saturated rings. The van der Waals surface area contributed by atoms with Gasteiger partial charge in [-0.2, -0.15) is 0 Å². The molecule has 0 aromatic heterocycles. The van der Waals surface area contributed by atoms with Crippen molar-refractivity contribution in [1.29, 1.82) is 0 Å². The van der Waals surface area contributed by atoms with Crippen molar-refractivity contribution in [2.75, 3.05) is 5.32 Å². The average Bonchev–Trinajstić information content (AvgIpc) is 2.14. The van der Waals surface area contributed by atoms with E-state index in [1.165, 1.54) is 12.1 Å². The second kappa shape index (κ2) is 4.85. The van der Waals surface area contributed by atoms with Gasteiger partial charge in [-0.3, -0.25) is 4.79 Å². The van der Waals surface area contributed by atoms with E-state index in [1.54, 1.807) is 19.9 Å². The van der Waals surface area contributed by atoms with Crippen LogP contribution in [0.25, 0.3) is 0 Å². The molecule has 0 saturated heterocycles. The fraction of sp³-hybridized carbons (Fsp3) is 0.273. The van der Waals surface area contributed by atoms with Gasteiger partial charge >= 0.3 is 5.97 Å². The first kappa shape index (κ1) is 13.7. The number of aromatic carboxylic acids is 1. The third-order valence-corrected chi connectivity index (χ3v) is 2.45. The van der Waals surface area contributed by atoms with Gasteiger partial charge in [0.05, 0.1) is 11.1 Å². The fourth-order valence-corrected chi connectivity index (χ4v) is 1.57. The summed E-state index contributed by atoms with van der Waals surface area (Å²) < 4.78 is 0.572. The maximum Gasteiger partial charge on any atom is 0.335 e. The fourth-order valence-electron chi connectivity index (χ4n) is 1.08. The van der Waals surface area contributed by atoms with E-state index in [1.807, 2.05) is 0 Å². The second-order valence-electron chi connectivity index (χ2n) is 4.21. The first-order valence-corrected chi connectivity index (χ1v) is 5.63. The summed E-state index contributed by atoms with van der Waals surface area (Å²) in [5.41, 5.74) is 5.08. The van der Waals surface area contributed by atoms with Crippen LogP contribution in [0.1, 0.15) is 24.2 Å². The van der Waals surface area contributed by atoms with E-state index in [2.05, 4.69) is 21.2 Å². The number of carbonyl (C=O) groups excluding carboxylic acids is 1. The molecule has 4 N–H and O–H groups in total. The number of carboxylic acid groups (broad SMARTS) is 1. The number of carboxylic acids is 1. The Morgan fingerprint density at radius 3 is 2.41 bits per heavy atom. The molecule has 5 nitrogen and oxygen atoms in total. The van der Waals surface area contributed by atoms with Gasteiger partial charge in [0.1, 0.15) is 0 Å². The van der Waals surface area contributed by atoms with Crippen LogP contribution in [-0.4, -0.2) is 22.5 Å². The van der Waals surface area contributed by atoms with Crippen molar-refractivity contribution in [2.24, 2.45) is 5.73 Å². The van der Waals surface area contributed by atoms with Crippen LogP contribution in [0.5, 0.6) is 0 Å². The largest absolute Gasteiger partial charge is 0.478 e. The van der Waals surface area contributed by atoms with Gasteiger partial charge in [0, 0.05) is 10.2 Å². The lowest BCUT2D eigenvalue weighted by atomic mass is 10.1. The van der Waals surface area contributed by atoms with Crippen LogP contribution < -0.4 is 11.1 Å². The summed E-state index contributed by atoms with van der Waals surface area (Å²) in [7, 11) is 0. The highest BCUT2D eigenvalue weighted by Crippen LogP contribution is 2.20. The molecule has 1 aromatic carbocycles. The summed E-state index contributed by atoms with van der Waals surface area (Å²) in [6.07, 6.45) is 0. The number of benzene rings is 1. The maximum absolute atomic E-state index is 11.6. The maximum atomic E-state index is 11.6. The van der Waals surface area contributed by atoms with Gasteiger partial charge in [-0.1, -0.05) is 15.9 Å². The van der Waals surface area contributed by atoms with Crippen LogP contribution in [0.15, 0.2) is 22.7 Å². The Labute approximate surface area is 107 Å². The quantitative estimate of drug-likeness (QED) is 0.794. The second-order valence-corrected chi connectivity index (χ2v) is 5.13. The van der Waals surface area contributed by atoms with Crippen molar-refractivity contribution >= 4 is 33.5 Å². The zero-order valence-electron chi connectivity index (χ0n) is 9.45. The number of amides is 1. The number of hydrogen-bond donors (Lipinski definition) is 3. The van der Waals surface area contributed by atoms with Gasteiger partial charge in [0.15, 0.2) is 0 Å². The smallest absolute Gasteiger partial charge is 0.335 e. The lowest BCUT2D eigenvalue weighted by Gasteiger charge is -2.18. The van der Waals surface area contributed by atoms with Crippen LogP contribution in [0.4, 0.5) is 5.69 Å². The zero-order chi connectivity index (χ0) is 13.2. The van der Waals surface area contributed by atoms with Crippen molar-refractivity contribution in [3.63, 3.8) is 0 Å². The van der Waals surface area contributed by atoms with E-state index in [0.717, 1.165) is 0 Å². The van der Waals surface area contributed by atoms with E-state index in [0.29, 0.717) is 10.2 Å². The molecule has 0 atom stereocenters. The molecule has 0 unspecified atom stereocenters. The Kier molecular flexibility index (Phi) is 3.90. The molecule has 0 radical (unpaired) electrons. The molecule has 0 spiro atoms. The first-order valence-electron chi connectivity index (χ1n) is 4.84. The van der Waals surface area contributed by atoms with E-state index >= 15 is 0 Å². The molecule has 1 aromatic rings. The molecule has 0 heterocycles. The van der Waals surface area contributed by atoms with Gasteiger partial charge < -0.3 is 16.2 Å². The van der Waals surface area contributed by atoms with Crippen LogP contribution in [0, 0.1) is 0 Å². The molecule has 1 amide bonds. The lowest BCUT2D eigenvalue weighted by molar-refractivity contribution is -0.120. The number of halogens is 1. The Morgan fingerprint density at radius 1 is 1.35 bits per heavy atom. The predicted molar refractivity (Wildman–Crippen MR) is 68.0 cm³/mol. The number of hydrogen-bond acceptors (Lipinski definition) is 3. The van der Waals surface area contributed by atoms with Crippen LogP contribution in [0.2, 0.25) is 0 Å². The summed E-state index contributed by atoms with van der Waals surface area (Å²) in [5.74, 6) is -1.44. The number of anilines is 1. The van der Waals surface area contributed by atoms with E-state index in [-0.39, 0.29) is 11.5 Å². The molecule has 6 heteroatoms. The molecular formula is C11H13BrN2O3. The van der Waals surface area contributed by atoms with Crippen LogP contribution in [0.3, 0.4) is 0 Å². The minimum atomic E-state index is -1.06. The summed E-state index contributed by atoms with van der Waals surface area (Å²) in [6, 6.07) is 4.43. The molecule has 92 valence electrons. The van der Waals surface area contributed by atoms with E-state index < -0.39 is 11.5 Å². The van der Waals surface area contributed by atoms with Crippen molar-refractivity contribution in [3.05, 3.63) is 28.2 Å². The average molecular weight is 301 g/mol. The Hall–Kier alpha value is -1.40. The number of nitrogens with one attached hydrogen (secondary N) is 1. The van der Waals surface area contributed by atoms with Crippen molar-refractivity contribution in [2.45, 2.75) is 19.4 Å². The number of rotatable bonds is 3. The third-order valence-electron chi connectivity index (χ3n) is 1.99. The van der Waals surface area contributed by atoms with Crippen molar-refractivity contribution in [1.82, 2.24) is 0 Å². The SMILES string of the molecule is CC(C)(N)C(=O)Nc1cc(Br)cc(C(=O)O)c1. The zero-order valence-corrected chi connectivity index (χ0v) is 11.0. The number of nitrogens with two attached hydrogens (primary N) is 1. The summed E-state index contributed by atoms with van der Waals surface area (Å²) >= 11 is 3.18. The lowest BCUT2D eigenvalue weighted by Crippen LogP contribution is -2.45. The Balaban J connectivity index is 3.00. The minimum absolute atomic E-state index is 0.0875. The molecule has 0 aliphatic heterocycles. The van der Waals surface area contributed by atoms with E-state index in [4.69, 9.17) is 10.8 Å². The summed E-state index contributed by atoms with van der Waals surface area (Å²) in [4.78, 5) is 22.5. The van der Waals surface area contributed by atoms with Crippen molar-refractivity contribution < 1.29 is 14.7 Å². The molecular weight excluding hydrogens is 288 g/mol. The normalized spacial score (nSPS) is 11.1. The highest BCUT2D eigenvalue weighted by atomic mass is 79.9. The molecule has 0 saturated carbocycles. The highest BCUT2D eigenvalue weighted by Gasteiger charge is 2.22. The first-order chi connectivity index (χ1) is 7.70. The van der Waals surface area contributed by atoms with Gasteiger partial charge in [-0.15, -0.1) is 0 Å². The van der Waals surface area contributed by atoms with Gasteiger partial charge in [-0.05, 0) is 32.0 Å². The minimum Gasteiger partial charge on any atom is -0.478 e. The topological polar surface area (TPSA) is 92.4 Å². The standard InChI is InChI=1S/C11H13BrN2O3/c1-11(2,13)10(17)14-8-4-6(9(15)16)3-7(12)5-8/h3-5H,13H2,1-2H3,(H,14,17)(H,15,16). The van der Waals surface area contributed by atoms with Gasteiger partial charge in [0.25, 0.3) is 0 Å². The monoisotopic (exact) mass is 300 g/mol. The molecule has 1 rings (SSSR count).